The van der Waals surface area contributed by atoms with E-state index in [9.17, 15) is 9.90 Å². The molecule has 3 N–H and O–H groups in total. The van der Waals surface area contributed by atoms with E-state index in [0.717, 1.165) is 6.54 Å². The van der Waals surface area contributed by atoms with E-state index in [-0.39, 0.29) is 17.8 Å². The number of furan rings is 1. The Morgan fingerprint density at radius 1 is 1.61 bits per heavy atom. The van der Waals surface area contributed by atoms with Gasteiger partial charge in [0.1, 0.15) is 5.76 Å². The zero-order valence-corrected chi connectivity index (χ0v) is 10.3. The normalized spacial score (nSPS) is 23.2. The van der Waals surface area contributed by atoms with Gasteiger partial charge in [-0.2, -0.15) is 0 Å². The lowest BCUT2D eigenvalue weighted by molar-refractivity contribution is 0.0563. The van der Waals surface area contributed by atoms with E-state index < -0.39 is 5.97 Å². The summed E-state index contributed by atoms with van der Waals surface area (Å²) in [5.41, 5.74) is 0. The van der Waals surface area contributed by atoms with Gasteiger partial charge in [-0.05, 0) is 12.1 Å². The number of carbonyl (C=O) groups is 1. The number of esters is 1. The summed E-state index contributed by atoms with van der Waals surface area (Å²) >= 11 is 0. The van der Waals surface area contributed by atoms with Crippen molar-refractivity contribution in [3.05, 3.63) is 23.7 Å². The van der Waals surface area contributed by atoms with Gasteiger partial charge in [0.15, 0.2) is 0 Å². The van der Waals surface area contributed by atoms with Gasteiger partial charge in [-0.3, -0.25) is 0 Å². The van der Waals surface area contributed by atoms with E-state index in [0.29, 0.717) is 25.4 Å². The third kappa shape index (κ3) is 3.10. The number of carbonyl (C=O) groups excluding carboxylic acids is 1. The maximum absolute atomic E-state index is 11.2. The molecule has 0 amide bonds. The summed E-state index contributed by atoms with van der Waals surface area (Å²) in [6.07, 6.45) is -0.292. The third-order valence-electron chi connectivity index (χ3n) is 3.06. The standard InChI is InChI=1S/C12H18N2O4/c1-17-12(16)11-3-2-9(18-11)6-13-4-8-5-14-7-10(8)15/h2-3,8,10,13-15H,4-7H2,1H3. The lowest BCUT2D eigenvalue weighted by Crippen LogP contribution is -2.30. The Morgan fingerprint density at radius 2 is 2.44 bits per heavy atom. The van der Waals surface area contributed by atoms with Crippen molar-refractivity contribution >= 4 is 5.97 Å². The molecule has 2 heterocycles. The van der Waals surface area contributed by atoms with Crippen LogP contribution in [0.25, 0.3) is 0 Å². The van der Waals surface area contributed by atoms with Crippen molar-refractivity contribution in [3.63, 3.8) is 0 Å². The van der Waals surface area contributed by atoms with Crippen LogP contribution in [0, 0.1) is 5.92 Å². The maximum Gasteiger partial charge on any atom is 0.373 e. The summed E-state index contributed by atoms with van der Waals surface area (Å²) in [7, 11) is 1.32. The zero-order valence-electron chi connectivity index (χ0n) is 10.3. The molecule has 1 aliphatic heterocycles. The molecule has 0 aliphatic carbocycles. The van der Waals surface area contributed by atoms with Crippen LogP contribution < -0.4 is 10.6 Å². The van der Waals surface area contributed by atoms with Crippen LogP contribution in [0.4, 0.5) is 0 Å². The van der Waals surface area contributed by atoms with Crippen molar-refractivity contribution in [3.8, 4) is 0 Å². The van der Waals surface area contributed by atoms with Crippen molar-refractivity contribution in [2.75, 3.05) is 26.7 Å². The molecule has 1 saturated heterocycles. The fourth-order valence-electron chi connectivity index (χ4n) is 1.99. The van der Waals surface area contributed by atoms with Gasteiger partial charge in [0.25, 0.3) is 0 Å². The van der Waals surface area contributed by atoms with Gasteiger partial charge < -0.3 is 24.9 Å². The second-order valence-electron chi connectivity index (χ2n) is 4.37. The largest absolute Gasteiger partial charge is 0.463 e. The average molecular weight is 254 g/mol. The van der Waals surface area contributed by atoms with Gasteiger partial charge in [-0.25, -0.2) is 4.79 Å². The van der Waals surface area contributed by atoms with Crippen molar-refractivity contribution in [1.29, 1.82) is 0 Å². The summed E-state index contributed by atoms with van der Waals surface area (Å²) in [5, 5.41) is 15.9. The molecule has 1 aromatic heterocycles. The third-order valence-corrected chi connectivity index (χ3v) is 3.06. The topological polar surface area (TPSA) is 83.7 Å². The van der Waals surface area contributed by atoms with Crippen LogP contribution in [-0.4, -0.2) is 43.9 Å². The number of hydrogen-bond acceptors (Lipinski definition) is 6. The minimum absolute atomic E-state index is 0.205. The van der Waals surface area contributed by atoms with Crippen LogP contribution in [0.15, 0.2) is 16.5 Å². The first-order valence-corrected chi connectivity index (χ1v) is 5.97. The molecule has 1 aliphatic rings. The fraction of sp³-hybridized carbons (Fsp3) is 0.583. The predicted molar refractivity (Wildman–Crippen MR) is 64.1 cm³/mol. The van der Waals surface area contributed by atoms with Gasteiger partial charge in [-0.15, -0.1) is 0 Å². The zero-order chi connectivity index (χ0) is 13.0. The van der Waals surface area contributed by atoms with Gasteiger partial charge in [0.05, 0.1) is 19.8 Å². The lowest BCUT2D eigenvalue weighted by Gasteiger charge is -2.13. The molecular formula is C12H18N2O4. The molecule has 6 nitrogen and oxygen atoms in total. The van der Waals surface area contributed by atoms with E-state index in [1.54, 1.807) is 12.1 Å². The van der Waals surface area contributed by atoms with Gasteiger partial charge in [-0.1, -0.05) is 0 Å². The minimum atomic E-state index is -0.475. The molecular weight excluding hydrogens is 236 g/mol. The molecule has 1 aromatic rings. The molecule has 6 heteroatoms. The highest BCUT2D eigenvalue weighted by Crippen LogP contribution is 2.10. The van der Waals surface area contributed by atoms with Crippen molar-refractivity contribution < 1.29 is 19.1 Å². The summed E-state index contributed by atoms with van der Waals surface area (Å²) < 4.78 is 9.87. The maximum atomic E-state index is 11.2. The summed E-state index contributed by atoms with van der Waals surface area (Å²) in [6, 6.07) is 3.33. The molecule has 0 aromatic carbocycles. The number of ether oxygens (including phenoxy) is 1. The molecule has 0 bridgehead atoms. The fourth-order valence-corrected chi connectivity index (χ4v) is 1.99. The molecule has 2 unspecified atom stereocenters. The van der Waals surface area contributed by atoms with E-state index in [2.05, 4.69) is 15.4 Å². The first kappa shape index (κ1) is 13.1. The minimum Gasteiger partial charge on any atom is -0.463 e. The summed E-state index contributed by atoms with van der Waals surface area (Å²) in [6.45, 7) is 2.71. The highest BCUT2D eigenvalue weighted by Gasteiger charge is 2.24. The van der Waals surface area contributed by atoms with Crippen LogP contribution >= 0.6 is 0 Å². The lowest BCUT2D eigenvalue weighted by atomic mass is 10.1. The number of aliphatic hydroxyl groups excluding tert-OH is 1. The van der Waals surface area contributed by atoms with Crippen LogP contribution in [-0.2, 0) is 11.3 Å². The van der Waals surface area contributed by atoms with Crippen LogP contribution in [0.3, 0.4) is 0 Å². The van der Waals surface area contributed by atoms with E-state index in [1.165, 1.54) is 7.11 Å². The monoisotopic (exact) mass is 254 g/mol. The number of rotatable bonds is 5. The van der Waals surface area contributed by atoms with E-state index >= 15 is 0 Å². The Bertz CT molecular complexity index is 405. The quantitative estimate of drug-likeness (QED) is 0.628. The Labute approximate surface area is 105 Å². The van der Waals surface area contributed by atoms with E-state index in [1.807, 2.05) is 0 Å². The summed E-state index contributed by atoms with van der Waals surface area (Å²) in [4.78, 5) is 11.2. The molecule has 1 fully saturated rings. The van der Waals surface area contributed by atoms with Gasteiger partial charge in [0, 0.05) is 25.6 Å². The van der Waals surface area contributed by atoms with Gasteiger partial charge in [0.2, 0.25) is 5.76 Å². The van der Waals surface area contributed by atoms with Crippen LogP contribution in [0.2, 0.25) is 0 Å². The Hall–Kier alpha value is -1.37. The van der Waals surface area contributed by atoms with Crippen LogP contribution in [0.1, 0.15) is 16.3 Å². The first-order chi connectivity index (χ1) is 8.70. The molecule has 2 rings (SSSR count). The summed E-state index contributed by atoms with van der Waals surface area (Å²) in [5.74, 6) is 0.629. The second-order valence-corrected chi connectivity index (χ2v) is 4.37. The number of methoxy groups -OCH3 is 1. The number of β-amino-alcohol motifs (C(OH)–C–C–N with tert-alkyl or cyclic N) is 1. The smallest absolute Gasteiger partial charge is 0.373 e. The van der Waals surface area contributed by atoms with Crippen LogP contribution in [0.5, 0.6) is 0 Å². The number of hydrogen-bond donors (Lipinski definition) is 3. The highest BCUT2D eigenvalue weighted by molar-refractivity contribution is 5.86. The molecule has 2 atom stereocenters. The molecule has 0 radical (unpaired) electrons. The second kappa shape index (κ2) is 5.99. The van der Waals surface area contributed by atoms with E-state index in [4.69, 9.17) is 4.42 Å². The number of nitrogens with one attached hydrogen (secondary N) is 2. The van der Waals surface area contributed by atoms with Gasteiger partial charge >= 0.3 is 5.97 Å². The van der Waals surface area contributed by atoms with Crippen molar-refractivity contribution in [1.82, 2.24) is 10.6 Å². The molecule has 0 saturated carbocycles. The average Bonchev–Trinajstić information content (AvgIpc) is 2.99. The molecule has 100 valence electrons. The SMILES string of the molecule is COC(=O)c1ccc(CNCC2CNCC2O)o1. The van der Waals surface area contributed by atoms with Crippen molar-refractivity contribution in [2.24, 2.45) is 5.92 Å². The molecule has 0 spiro atoms. The van der Waals surface area contributed by atoms with Crippen molar-refractivity contribution in [2.45, 2.75) is 12.6 Å². The highest BCUT2D eigenvalue weighted by atomic mass is 16.5. The Balaban J connectivity index is 1.76. The molecule has 18 heavy (non-hydrogen) atoms. The number of aliphatic hydroxyl groups is 1. The predicted octanol–water partition coefficient (Wildman–Crippen LogP) is -0.264. The Morgan fingerprint density at radius 3 is 3.11 bits per heavy atom. The first-order valence-electron chi connectivity index (χ1n) is 5.97. The Kier molecular flexibility index (Phi) is 4.35.